The van der Waals surface area contributed by atoms with Crippen LogP contribution in [0.15, 0.2) is 54.6 Å². The third-order valence-corrected chi connectivity index (χ3v) is 3.15. The summed E-state index contributed by atoms with van der Waals surface area (Å²) in [4.78, 5) is 23.2. The highest BCUT2D eigenvalue weighted by atomic mass is 19.4. The summed E-state index contributed by atoms with van der Waals surface area (Å²) in [5, 5.41) is 11.9. The molecular formula is C18H14F3NO4. The second-order valence-corrected chi connectivity index (χ2v) is 5.13. The number of halogens is 3. The molecule has 0 aliphatic heterocycles. The third kappa shape index (κ3) is 5.66. The van der Waals surface area contributed by atoms with E-state index in [4.69, 9.17) is 4.74 Å². The zero-order chi connectivity index (χ0) is 19.2. The molecule has 0 spiro atoms. The van der Waals surface area contributed by atoms with Crippen LogP contribution in [0.25, 0.3) is 6.08 Å². The molecule has 0 bridgehead atoms. The lowest BCUT2D eigenvalue weighted by molar-refractivity contribution is -0.142. The lowest BCUT2D eigenvalue weighted by atomic mass is 10.1. The summed E-state index contributed by atoms with van der Waals surface area (Å²) in [5.74, 6) is -1.71. The van der Waals surface area contributed by atoms with Crippen LogP contribution in [0, 0.1) is 0 Å². The van der Waals surface area contributed by atoms with Crippen LogP contribution in [0.5, 0.6) is 5.75 Å². The average molecular weight is 365 g/mol. The predicted octanol–water partition coefficient (Wildman–Crippen LogP) is 3.61. The van der Waals surface area contributed by atoms with Gasteiger partial charge in [-0.1, -0.05) is 24.3 Å². The van der Waals surface area contributed by atoms with E-state index in [1.54, 1.807) is 12.1 Å². The number of esters is 1. The van der Waals surface area contributed by atoms with Crippen LogP contribution < -0.4 is 5.32 Å². The van der Waals surface area contributed by atoms with Gasteiger partial charge < -0.3 is 15.2 Å². The summed E-state index contributed by atoms with van der Waals surface area (Å²) in [6.07, 6.45) is -2.41. The monoisotopic (exact) mass is 365 g/mol. The summed E-state index contributed by atoms with van der Waals surface area (Å²) in [7, 11) is 0. The van der Waals surface area contributed by atoms with Crippen molar-refractivity contribution < 1.29 is 32.6 Å². The van der Waals surface area contributed by atoms with Crippen molar-refractivity contribution in [1.82, 2.24) is 0 Å². The Labute approximate surface area is 146 Å². The van der Waals surface area contributed by atoms with Crippen LogP contribution in [-0.2, 0) is 20.5 Å². The number of nitrogens with one attached hydrogen (secondary N) is 1. The van der Waals surface area contributed by atoms with Crippen LogP contribution in [0.2, 0.25) is 0 Å². The van der Waals surface area contributed by atoms with Crippen molar-refractivity contribution >= 4 is 23.6 Å². The summed E-state index contributed by atoms with van der Waals surface area (Å²) >= 11 is 0. The molecule has 0 aromatic heterocycles. The number of aromatic hydroxyl groups is 1. The number of para-hydroxylation sites is 2. The molecule has 0 aliphatic rings. The molecule has 0 atom stereocenters. The van der Waals surface area contributed by atoms with Gasteiger partial charge in [0.2, 0.25) is 0 Å². The van der Waals surface area contributed by atoms with Crippen LogP contribution in [0.4, 0.5) is 18.9 Å². The minimum Gasteiger partial charge on any atom is -0.506 e. The number of hydrogen-bond acceptors (Lipinski definition) is 4. The number of amides is 1. The Bertz CT molecular complexity index is 831. The molecule has 5 nitrogen and oxygen atoms in total. The minimum absolute atomic E-state index is 0.142. The highest BCUT2D eigenvalue weighted by molar-refractivity contribution is 5.95. The number of carbonyl (C=O) groups excluding carboxylic acids is 2. The van der Waals surface area contributed by atoms with Gasteiger partial charge in [0.1, 0.15) is 5.75 Å². The smallest absolute Gasteiger partial charge is 0.416 e. The summed E-state index contributed by atoms with van der Waals surface area (Å²) in [6, 6.07) is 10.4. The van der Waals surface area contributed by atoms with Gasteiger partial charge in [-0.2, -0.15) is 13.2 Å². The molecular weight excluding hydrogens is 351 g/mol. The number of alkyl halides is 3. The van der Waals surface area contributed by atoms with Gasteiger partial charge in [0.15, 0.2) is 6.61 Å². The van der Waals surface area contributed by atoms with Crippen LogP contribution in [0.1, 0.15) is 11.1 Å². The third-order valence-electron chi connectivity index (χ3n) is 3.15. The molecule has 136 valence electrons. The van der Waals surface area contributed by atoms with Crippen molar-refractivity contribution in [3.05, 3.63) is 65.7 Å². The molecule has 0 saturated heterocycles. The molecule has 0 saturated carbocycles. The van der Waals surface area contributed by atoms with Gasteiger partial charge in [-0.3, -0.25) is 4.79 Å². The van der Waals surface area contributed by atoms with E-state index in [0.717, 1.165) is 24.3 Å². The molecule has 8 heteroatoms. The van der Waals surface area contributed by atoms with E-state index in [1.807, 2.05) is 0 Å². The molecule has 2 aromatic rings. The van der Waals surface area contributed by atoms with Crippen molar-refractivity contribution in [3.63, 3.8) is 0 Å². The zero-order valence-electron chi connectivity index (χ0n) is 13.3. The van der Waals surface area contributed by atoms with Gasteiger partial charge in [-0.05, 0) is 35.9 Å². The molecule has 0 heterocycles. The first kappa shape index (κ1) is 19.0. The number of carbonyl (C=O) groups is 2. The van der Waals surface area contributed by atoms with Crippen LogP contribution >= 0.6 is 0 Å². The number of hydrogen-bond donors (Lipinski definition) is 2. The highest BCUT2D eigenvalue weighted by Gasteiger charge is 2.30. The van der Waals surface area contributed by atoms with E-state index in [1.165, 1.54) is 24.3 Å². The molecule has 2 rings (SSSR count). The fourth-order valence-corrected chi connectivity index (χ4v) is 1.93. The quantitative estimate of drug-likeness (QED) is 0.482. The van der Waals surface area contributed by atoms with Crippen LogP contribution in [0.3, 0.4) is 0 Å². The van der Waals surface area contributed by atoms with Gasteiger partial charge in [-0.15, -0.1) is 0 Å². The topological polar surface area (TPSA) is 75.6 Å². The summed E-state index contributed by atoms with van der Waals surface area (Å²) < 4.78 is 42.5. The lowest BCUT2D eigenvalue weighted by Crippen LogP contribution is -2.20. The van der Waals surface area contributed by atoms with E-state index >= 15 is 0 Å². The number of anilines is 1. The zero-order valence-corrected chi connectivity index (χ0v) is 13.3. The lowest BCUT2D eigenvalue weighted by Gasteiger charge is -2.07. The second kappa shape index (κ2) is 8.19. The Balaban J connectivity index is 1.88. The number of phenolic OH excluding ortho intramolecular Hbond substituents is 1. The van der Waals surface area contributed by atoms with Gasteiger partial charge in [0.25, 0.3) is 5.91 Å². The first-order chi connectivity index (χ1) is 12.3. The van der Waals surface area contributed by atoms with Gasteiger partial charge in [0.05, 0.1) is 11.3 Å². The predicted molar refractivity (Wildman–Crippen MR) is 88.2 cm³/mol. The Hall–Kier alpha value is -3.29. The van der Waals surface area contributed by atoms with Crippen molar-refractivity contribution in [2.24, 2.45) is 0 Å². The molecule has 1 amide bonds. The first-order valence-corrected chi connectivity index (χ1v) is 7.35. The van der Waals surface area contributed by atoms with Crippen molar-refractivity contribution in [1.29, 1.82) is 0 Å². The molecule has 0 unspecified atom stereocenters. The number of phenols is 1. The van der Waals surface area contributed by atoms with E-state index < -0.39 is 30.2 Å². The summed E-state index contributed by atoms with van der Waals surface area (Å²) in [5.41, 5.74) is -0.515. The van der Waals surface area contributed by atoms with Crippen molar-refractivity contribution in [2.45, 2.75) is 6.18 Å². The molecule has 0 aliphatic carbocycles. The SMILES string of the molecule is O=C(COC(=O)C=Cc1cccc(C(F)(F)F)c1)Nc1ccccc1O. The second-order valence-electron chi connectivity index (χ2n) is 5.13. The fraction of sp³-hybridized carbons (Fsp3) is 0.111. The Kier molecular flexibility index (Phi) is 6.00. The van der Waals surface area contributed by atoms with Crippen molar-refractivity contribution in [3.8, 4) is 5.75 Å². The largest absolute Gasteiger partial charge is 0.506 e. The Morgan fingerprint density at radius 3 is 2.54 bits per heavy atom. The maximum Gasteiger partial charge on any atom is 0.416 e. The Morgan fingerprint density at radius 2 is 1.85 bits per heavy atom. The maximum atomic E-state index is 12.6. The Morgan fingerprint density at radius 1 is 1.12 bits per heavy atom. The first-order valence-electron chi connectivity index (χ1n) is 7.35. The fourth-order valence-electron chi connectivity index (χ4n) is 1.93. The highest BCUT2D eigenvalue weighted by Crippen LogP contribution is 2.29. The van der Waals surface area contributed by atoms with Gasteiger partial charge >= 0.3 is 12.1 Å². The number of benzene rings is 2. The van der Waals surface area contributed by atoms with E-state index in [2.05, 4.69) is 5.32 Å². The average Bonchev–Trinajstić information content (AvgIpc) is 2.60. The normalized spacial score (nSPS) is 11.3. The molecule has 2 N–H and O–H groups in total. The maximum absolute atomic E-state index is 12.6. The van der Waals surface area contributed by atoms with E-state index in [9.17, 15) is 27.9 Å². The molecule has 2 aromatic carbocycles. The van der Waals surface area contributed by atoms with Gasteiger partial charge in [-0.25, -0.2) is 4.79 Å². The van der Waals surface area contributed by atoms with E-state index in [-0.39, 0.29) is 17.0 Å². The summed E-state index contributed by atoms with van der Waals surface area (Å²) in [6.45, 7) is -0.611. The van der Waals surface area contributed by atoms with Crippen LogP contribution in [-0.4, -0.2) is 23.6 Å². The standard InChI is InChI=1S/C18H14F3NO4/c19-18(20,21)13-5-3-4-12(10-13)8-9-17(25)26-11-16(24)22-14-6-1-2-7-15(14)23/h1-10,23H,11H2,(H,22,24). The number of ether oxygens (including phenoxy) is 1. The molecule has 26 heavy (non-hydrogen) atoms. The van der Waals surface area contributed by atoms with Gasteiger partial charge in [0, 0.05) is 6.08 Å². The van der Waals surface area contributed by atoms with E-state index in [0.29, 0.717) is 0 Å². The number of rotatable bonds is 5. The molecule has 0 radical (unpaired) electrons. The minimum atomic E-state index is -4.48. The molecule has 0 fully saturated rings. The van der Waals surface area contributed by atoms with Crippen molar-refractivity contribution in [2.75, 3.05) is 11.9 Å².